The number of hydrogen-bond donors (Lipinski definition) is 2. The van der Waals surface area contributed by atoms with E-state index in [9.17, 15) is 9.59 Å². The van der Waals surface area contributed by atoms with E-state index in [1.165, 1.54) is 11.8 Å². The first-order valence-electron chi connectivity index (χ1n) is 8.59. The fourth-order valence-corrected chi connectivity index (χ4v) is 3.84. The lowest BCUT2D eigenvalue weighted by Gasteiger charge is -2.09. The van der Waals surface area contributed by atoms with Gasteiger partial charge in [0.15, 0.2) is 10.8 Å². The molecule has 4 aromatic rings. The van der Waals surface area contributed by atoms with Gasteiger partial charge < -0.3 is 11.1 Å². The molecule has 0 atom stereocenters. The van der Waals surface area contributed by atoms with Crippen LogP contribution in [0.5, 0.6) is 0 Å². The van der Waals surface area contributed by atoms with E-state index in [0.29, 0.717) is 10.8 Å². The number of para-hydroxylation sites is 2. The van der Waals surface area contributed by atoms with Gasteiger partial charge in [-0.3, -0.25) is 14.0 Å². The lowest BCUT2D eigenvalue weighted by Crippen LogP contribution is -2.19. The zero-order chi connectivity index (χ0) is 19.7. The van der Waals surface area contributed by atoms with Crippen molar-refractivity contribution in [2.75, 3.05) is 11.1 Å². The number of nitrogens with zero attached hydrogens (tertiary/aromatic N) is 3. The number of carbonyl (C=O) groups is 2. The van der Waals surface area contributed by atoms with Gasteiger partial charge in [-0.25, -0.2) is 0 Å². The second kappa shape index (κ2) is 7.32. The van der Waals surface area contributed by atoms with Crippen molar-refractivity contribution >= 4 is 45.8 Å². The number of pyridine rings is 1. The van der Waals surface area contributed by atoms with Gasteiger partial charge in [0, 0.05) is 5.39 Å². The lowest BCUT2D eigenvalue weighted by atomic mass is 10.1. The smallest absolute Gasteiger partial charge is 0.250 e. The number of benzene rings is 2. The minimum Gasteiger partial charge on any atom is -0.366 e. The molecular formula is C20H17N5O2S. The largest absolute Gasteiger partial charge is 0.366 e. The van der Waals surface area contributed by atoms with Crippen molar-refractivity contribution in [3.8, 4) is 0 Å². The van der Waals surface area contributed by atoms with E-state index >= 15 is 0 Å². The van der Waals surface area contributed by atoms with E-state index in [2.05, 4.69) is 15.5 Å². The van der Waals surface area contributed by atoms with Crippen molar-refractivity contribution in [2.24, 2.45) is 5.73 Å². The monoisotopic (exact) mass is 391 g/mol. The molecule has 0 aliphatic carbocycles. The fourth-order valence-electron chi connectivity index (χ4n) is 3.09. The summed E-state index contributed by atoms with van der Waals surface area (Å²) in [7, 11) is 0. The van der Waals surface area contributed by atoms with Gasteiger partial charge in [-0.15, -0.1) is 10.2 Å². The summed E-state index contributed by atoms with van der Waals surface area (Å²) >= 11 is 1.28. The molecule has 2 aromatic heterocycles. The van der Waals surface area contributed by atoms with Gasteiger partial charge in [-0.05, 0) is 36.8 Å². The highest BCUT2D eigenvalue weighted by molar-refractivity contribution is 7.99. The molecule has 3 N–H and O–H groups in total. The highest BCUT2D eigenvalue weighted by Gasteiger charge is 2.14. The minimum atomic E-state index is -0.589. The summed E-state index contributed by atoms with van der Waals surface area (Å²) in [5, 5.41) is 12.9. The molecule has 0 aliphatic heterocycles. The number of fused-ring (bicyclic) bond motifs is 3. The molecular weight excluding hydrogens is 374 g/mol. The molecule has 2 aromatic carbocycles. The number of hydrogen-bond acceptors (Lipinski definition) is 5. The average Bonchev–Trinajstić information content (AvgIpc) is 3.10. The molecule has 0 fully saturated rings. The van der Waals surface area contributed by atoms with E-state index < -0.39 is 5.91 Å². The van der Waals surface area contributed by atoms with E-state index in [-0.39, 0.29) is 17.2 Å². The maximum atomic E-state index is 12.4. The molecule has 0 bridgehead atoms. The summed E-state index contributed by atoms with van der Waals surface area (Å²) in [5.41, 5.74) is 8.86. The number of aryl methyl sites for hydroxylation is 1. The van der Waals surface area contributed by atoms with Crippen LogP contribution in [0.2, 0.25) is 0 Å². The maximum Gasteiger partial charge on any atom is 0.250 e. The molecule has 28 heavy (non-hydrogen) atoms. The number of primary amides is 1. The highest BCUT2D eigenvalue weighted by Crippen LogP contribution is 2.26. The summed E-state index contributed by atoms with van der Waals surface area (Å²) in [6, 6.07) is 16.6. The summed E-state index contributed by atoms with van der Waals surface area (Å²) < 4.78 is 1.94. The Bertz CT molecular complexity index is 1220. The standard InChI is InChI=1S/C20H17N5O2S/c1-12-10-17-23-24-20(25(17)16-9-5-3-6-13(12)16)28-11-18(26)22-15-8-4-2-7-14(15)19(21)27/h2-10H,11H2,1H3,(H2,21,27)(H,22,26). The molecule has 140 valence electrons. The van der Waals surface area contributed by atoms with Gasteiger partial charge >= 0.3 is 0 Å². The number of nitrogens with two attached hydrogens (primary N) is 1. The van der Waals surface area contributed by atoms with Crippen molar-refractivity contribution in [1.82, 2.24) is 14.6 Å². The Kier molecular flexibility index (Phi) is 4.70. The summed E-state index contributed by atoms with van der Waals surface area (Å²) in [6.45, 7) is 2.04. The predicted octanol–water partition coefficient (Wildman–Crippen LogP) is 3.02. The molecule has 2 amide bonds. The number of amides is 2. The van der Waals surface area contributed by atoms with E-state index in [4.69, 9.17) is 5.73 Å². The summed E-state index contributed by atoms with van der Waals surface area (Å²) in [6.07, 6.45) is 0. The molecule has 0 saturated heterocycles. The number of rotatable bonds is 5. The van der Waals surface area contributed by atoms with Crippen LogP contribution in [-0.4, -0.2) is 32.2 Å². The van der Waals surface area contributed by atoms with Gasteiger partial charge in [0.2, 0.25) is 5.91 Å². The number of anilines is 1. The van der Waals surface area contributed by atoms with Gasteiger partial charge in [0.25, 0.3) is 5.91 Å². The minimum absolute atomic E-state index is 0.121. The predicted molar refractivity (Wildman–Crippen MR) is 110 cm³/mol. The first-order valence-corrected chi connectivity index (χ1v) is 9.58. The number of thioether (sulfide) groups is 1. The van der Waals surface area contributed by atoms with Crippen molar-refractivity contribution < 1.29 is 9.59 Å². The van der Waals surface area contributed by atoms with Crippen LogP contribution in [0.25, 0.3) is 16.6 Å². The van der Waals surface area contributed by atoms with Crippen molar-refractivity contribution in [3.05, 3.63) is 65.7 Å². The Morgan fingerprint density at radius 3 is 2.68 bits per heavy atom. The van der Waals surface area contributed by atoms with Crippen molar-refractivity contribution in [2.45, 2.75) is 12.1 Å². The third kappa shape index (κ3) is 3.29. The molecule has 0 spiro atoms. The Balaban J connectivity index is 1.58. The Morgan fingerprint density at radius 2 is 1.86 bits per heavy atom. The van der Waals surface area contributed by atoms with Crippen molar-refractivity contribution in [1.29, 1.82) is 0 Å². The Labute approximate surface area is 164 Å². The second-order valence-electron chi connectivity index (χ2n) is 6.27. The van der Waals surface area contributed by atoms with Gasteiger partial charge in [0.1, 0.15) is 0 Å². The first-order chi connectivity index (χ1) is 13.5. The second-order valence-corrected chi connectivity index (χ2v) is 7.21. The van der Waals surface area contributed by atoms with E-state index in [1.807, 2.05) is 41.7 Å². The number of aromatic nitrogens is 3. The molecule has 0 unspecified atom stereocenters. The zero-order valence-corrected chi connectivity index (χ0v) is 15.9. The van der Waals surface area contributed by atoms with Crippen LogP contribution < -0.4 is 11.1 Å². The molecule has 8 heteroatoms. The van der Waals surface area contributed by atoms with Crippen LogP contribution in [-0.2, 0) is 4.79 Å². The third-order valence-electron chi connectivity index (χ3n) is 4.37. The van der Waals surface area contributed by atoms with Crippen LogP contribution in [0.4, 0.5) is 5.69 Å². The third-order valence-corrected chi connectivity index (χ3v) is 5.30. The molecule has 7 nitrogen and oxygen atoms in total. The quantitative estimate of drug-likeness (QED) is 0.509. The van der Waals surface area contributed by atoms with Crippen LogP contribution >= 0.6 is 11.8 Å². The fraction of sp³-hybridized carbons (Fsp3) is 0.100. The Morgan fingerprint density at radius 1 is 1.11 bits per heavy atom. The van der Waals surface area contributed by atoms with Crippen LogP contribution in [0.3, 0.4) is 0 Å². The summed E-state index contributed by atoms with van der Waals surface area (Å²) in [5.74, 6) is -0.725. The topological polar surface area (TPSA) is 102 Å². The number of nitrogens with one attached hydrogen (secondary N) is 1. The molecule has 2 heterocycles. The van der Waals surface area contributed by atoms with Crippen LogP contribution in [0, 0.1) is 6.92 Å². The lowest BCUT2D eigenvalue weighted by molar-refractivity contribution is -0.113. The highest BCUT2D eigenvalue weighted by atomic mass is 32.2. The van der Waals surface area contributed by atoms with Crippen LogP contribution in [0.15, 0.2) is 59.8 Å². The van der Waals surface area contributed by atoms with Gasteiger partial charge in [0.05, 0.1) is 22.5 Å². The van der Waals surface area contributed by atoms with Gasteiger partial charge in [-0.2, -0.15) is 0 Å². The van der Waals surface area contributed by atoms with Crippen molar-refractivity contribution in [3.63, 3.8) is 0 Å². The van der Waals surface area contributed by atoms with Gasteiger partial charge in [-0.1, -0.05) is 42.1 Å². The first kappa shape index (κ1) is 18.0. The van der Waals surface area contributed by atoms with E-state index in [1.54, 1.807) is 24.3 Å². The average molecular weight is 391 g/mol. The zero-order valence-electron chi connectivity index (χ0n) is 15.0. The normalized spacial score (nSPS) is 11.0. The molecule has 4 rings (SSSR count). The molecule has 0 aliphatic rings. The number of carbonyl (C=O) groups excluding carboxylic acids is 2. The van der Waals surface area contributed by atoms with E-state index in [0.717, 1.165) is 22.1 Å². The Hall–Kier alpha value is -3.39. The van der Waals surface area contributed by atoms with Crippen LogP contribution in [0.1, 0.15) is 15.9 Å². The molecule has 0 radical (unpaired) electrons. The molecule has 0 saturated carbocycles. The summed E-state index contributed by atoms with van der Waals surface area (Å²) in [4.78, 5) is 23.9. The maximum absolute atomic E-state index is 12.4. The SMILES string of the molecule is Cc1cc2nnc(SCC(=O)Nc3ccccc3C(N)=O)n2c2ccccc12.